The number of benzene rings is 1. The molecular weight excluding hydrogens is 316 g/mol. The summed E-state index contributed by atoms with van der Waals surface area (Å²) in [5, 5.41) is 12.3. The number of nitrogens with zero attached hydrogens (tertiary/aromatic N) is 2. The first kappa shape index (κ1) is 13.1. The molecule has 0 saturated heterocycles. The number of aromatic nitrogens is 2. The molecule has 4 nitrogen and oxygen atoms in total. The van der Waals surface area contributed by atoms with E-state index in [-0.39, 0.29) is 5.84 Å². The molecule has 0 aliphatic rings. The van der Waals surface area contributed by atoms with Crippen LogP contribution in [-0.2, 0) is 0 Å². The third-order valence-corrected chi connectivity index (χ3v) is 4.14. The predicted octanol–water partition coefficient (Wildman–Crippen LogP) is 3.19. The Kier molecular flexibility index (Phi) is 3.45. The van der Waals surface area contributed by atoms with Gasteiger partial charge in [0.25, 0.3) is 0 Å². The highest BCUT2D eigenvalue weighted by atomic mass is 79.9. The Bertz CT molecular complexity index is 633. The van der Waals surface area contributed by atoms with Gasteiger partial charge in [0.1, 0.15) is 5.84 Å². The van der Waals surface area contributed by atoms with E-state index in [1.807, 2.05) is 19.9 Å². The van der Waals surface area contributed by atoms with Crippen LogP contribution in [0.15, 0.2) is 22.7 Å². The number of rotatable bonds is 2. The Morgan fingerprint density at radius 3 is 2.56 bits per heavy atom. The van der Waals surface area contributed by atoms with Crippen LogP contribution >= 0.6 is 27.5 Å². The lowest BCUT2D eigenvalue weighted by molar-refractivity contribution is 0.833. The topological polar surface area (TPSA) is 67.7 Å². The Morgan fingerprint density at radius 1 is 1.44 bits per heavy atom. The molecule has 2 aromatic rings. The molecule has 6 heteroatoms. The van der Waals surface area contributed by atoms with Crippen molar-refractivity contribution in [2.75, 3.05) is 0 Å². The highest BCUT2D eigenvalue weighted by Crippen LogP contribution is 2.27. The minimum absolute atomic E-state index is 0.00185. The van der Waals surface area contributed by atoms with Gasteiger partial charge in [-0.25, -0.2) is 4.68 Å². The lowest BCUT2D eigenvalue weighted by atomic mass is 10.2. The summed E-state index contributed by atoms with van der Waals surface area (Å²) < 4.78 is 2.74. The molecule has 0 fully saturated rings. The first-order chi connectivity index (χ1) is 8.41. The molecule has 1 heterocycles. The summed E-state index contributed by atoms with van der Waals surface area (Å²) in [5.41, 5.74) is 8.68. The van der Waals surface area contributed by atoms with Crippen molar-refractivity contribution in [1.29, 1.82) is 5.41 Å². The van der Waals surface area contributed by atoms with Crippen LogP contribution in [0.5, 0.6) is 0 Å². The second-order valence-electron chi connectivity index (χ2n) is 3.98. The molecule has 18 heavy (non-hydrogen) atoms. The van der Waals surface area contributed by atoms with Crippen molar-refractivity contribution >= 4 is 33.4 Å². The van der Waals surface area contributed by atoms with E-state index in [1.54, 1.807) is 16.8 Å². The smallest absolute Gasteiger partial charge is 0.122 e. The van der Waals surface area contributed by atoms with Crippen molar-refractivity contribution in [2.24, 2.45) is 5.73 Å². The first-order valence-electron chi connectivity index (χ1n) is 5.28. The van der Waals surface area contributed by atoms with Crippen LogP contribution in [-0.4, -0.2) is 15.6 Å². The Balaban J connectivity index is 2.58. The molecule has 0 amide bonds. The summed E-state index contributed by atoms with van der Waals surface area (Å²) in [6.07, 6.45) is 0. The second-order valence-corrected chi connectivity index (χ2v) is 5.18. The Morgan fingerprint density at radius 2 is 2.11 bits per heavy atom. The van der Waals surface area contributed by atoms with Crippen molar-refractivity contribution in [1.82, 2.24) is 9.78 Å². The fraction of sp³-hybridized carbons (Fsp3) is 0.167. The molecule has 1 aromatic heterocycles. The molecule has 0 radical (unpaired) electrons. The normalized spacial score (nSPS) is 10.7. The van der Waals surface area contributed by atoms with Gasteiger partial charge in [-0.15, -0.1) is 0 Å². The van der Waals surface area contributed by atoms with Gasteiger partial charge >= 0.3 is 0 Å². The average Bonchev–Trinajstić information content (AvgIpc) is 2.57. The number of hydrogen-bond acceptors (Lipinski definition) is 2. The van der Waals surface area contributed by atoms with Crippen LogP contribution in [0.25, 0.3) is 5.69 Å². The highest BCUT2D eigenvalue weighted by molar-refractivity contribution is 9.10. The fourth-order valence-corrected chi connectivity index (χ4v) is 2.21. The van der Waals surface area contributed by atoms with E-state index in [0.717, 1.165) is 21.5 Å². The molecule has 3 N–H and O–H groups in total. The lowest BCUT2D eigenvalue weighted by Gasteiger charge is -2.08. The van der Waals surface area contributed by atoms with Gasteiger partial charge in [0.2, 0.25) is 0 Å². The minimum Gasteiger partial charge on any atom is -0.384 e. The van der Waals surface area contributed by atoms with Gasteiger partial charge in [-0.2, -0.15) is 5.10 Å². The van der Waals surface area contributed by atoms with Gasteiger partial charge in [0, 0.05) is 5.56 Å². The van der Waals surface area contributed by atoms with Crippen LogP contribution in [0, 0.1) is 19.3 Å². The Hall–Kier alpha value is -1.33. The number of aryl methyl sites for hydroxylation is 1. The standard InChI is InChI=1S/C12H12BrClN4/c1-6-11(13)7(2)18(17-6)10-4-3-8(12(15)16)5-9(10)14/h3-5H,1-2H3,(H3,15,16). The van der Waals surface area contributed by atoms with Gasteiger partial charge in [0.05, 0.1) is 26.6 Å². The zero-order valence-corrected chi connectivity index (χ0v) is 12.3. The van der Waals surface area contributed by atoms with Crippen molar-refractivity contribution in [3.63, 3.8) is 0 Å². The van der Waals surface area contributed by atoms with E-state index in [0.29, 0.717) is 10.6 Å². The first-order valence-corrected chi connectivity index (χ1v) is 6.45. The summed E-state index contributed by atoms with van der Waals surface area (Å²) in [6, 6.07) is 5.24. The van der Waals surface area contributed by atoms with Crippen molar-refractivity contribution in [3.05, 3.63) is 44.6 Å². The molecule has 0 aliphatic carbocycles. The third-order valence-electron chi connectivity index (χ3n) is 2.69. The van der Waals surface area contributed by atoms with Gasteiger partial charge in [-0.3, -0.25) is 5.41 Å². The minimum atomic E-state index is -0.00185. The maximum absolute atomic E-state index is 7.38. The van der Waals surface area contributed by atoms with Crippen molar-refractivity contribution in [2.45, 2.75) is 13.8 Å². The summed E-state index contributed by atoms with van der Waals surface area (Å²) in [7, 11) is 0. The largest absolute Gasteiger partial charge is 0.384 e. The van der Waals surface area contributed by atoms with Crippen LogP contribution in [0.2, 0.25) is 5.02 Å². The monoisotopic (exact) mass is 326 g/mol. The summed E-state index contributed by atoms with van der Waals surface area (Å²) >= 11 is 9.69. The number of amidine groups is 1. The number of nitrogens with two attached hydrogens (primary N) is 1. The van der Waals surface area contributed by atoms with Gasteiger partial charge in [-0.1, -0.05) is 11.6 Å². The average molecular weight is 328 g/mol. The summed E-state index contributed by atoms with van der Waals surface area (Å²) in [4.78, 5) is 0. The predicted molar refractivity (Wildman–Crippen MR) is 76.8 cm³/mol. The molecule has 0 aliphatic heterocycles. The second kappa shape index (κ2) is 4.74. The molecular formula is C12H12BrClN4. The van der Waals surface area contributed by atoms with Gasteiger partial charge in [-0.05, 0) is 48.0 Å². The molecule has 94 valence electrons. The maximum Gasteiger partial charge on any atom is 0.122 e. The van der Waals surface area contributed by atoms with Gasteiger partial charge in [0.15, 0.2) is 0 Å². The van der Waals surface area contributed by atoms with Crippen LogP contribution < -0.4 is 5.73 Å². The van der Waals surface area contributed by atoms with Crippen LogP contribution in [0.3, 0.4) is 0 Å². The van der Waals surface area contributed by atoms with Crippen LogP contribution in [0.1, 0.15) is 17.0 Å². The van der Waals surface area contributed by atoms with Crippen LogP contribution in [0.4, 0.5) is 0 Å². The fourth-order valence-electron chi connectivity index (χ4n) is 1.70. The van der Waals surface area contributed by atoms with E-state index in [4.69, 9.17) is 22.7 Å². The lowest BCUT2D eigenvalue weighted by Crippen LogP contribution is -2.11. The molecule has 0 spiro atoms. The van der Waals surface area contributed by atoms with Crippen molar-refractivity contribution < 1.29 is 0 Å². The quantitative estimate of drug-likeness (QED) is 0.657. The Labute approximate surface area is 118 Å². The molecule has 0 bridgehead atoms. The van der Waals surface area contributed by atoms with Gasteiger partial charge < -0.3 is 5.73 Å². The van der Waals surface area contributed by atoms with Crippen molar-refractivity contribution in [3.8, 4) is 5.69 Å². The van der Waals surface area contributed by atoms with E-state index < -0.39 is 0 Å². The number of nitrogens with one attached hydrogen (secondary N) is 1. The molecule has 0 unspecified atom stereocenters. The zero-order valence-electron chi connectivity index (χ0n) is 9.96. The molecule has 2 rings (SSSR count). The van der Waals surface area contributed by atoms with E-state index >= 15 is 0 Å². The SMILES string of the molecule is Cc1nn(-c2ccc(C(=N)N)cc2Cl)c(C)c1Br. The molecule has 0 atom stereocenters. The molecule has 1 aromatic carbocycles. The van der Waals surface area contributed by atoms with E-state index in [9.17, 15) is 0 Å². The van der Waals surface area contributed by atoms with E-state index in [1.165, 1.54) is 0 Å². The third kappa shape index (κ3) is 2.15. The maximum atomic E-state index is 7.38. The number of nitrogen functional groups attached to an aromatic ring is 1. The van der Waals surface area contributed by atoms with E-state index in [2.05, 4.69) is 21.0 Å². The number of halogens is 2. The number of hydrogen-bond donors (Lipinski definition) is 2. The zero-order chi connectivity index (χ0) is 13.4. The summed E-state index contributed by atoms with van der Waals surface area (Å²) in [6.45, 7) is 3.88. The molecule has 0 saturated carbocycles. The summed E-state index contributed by atoms with van der Waals surface area (Å²) in [5.74, 6) is -0.00185. The highest BCUT2D eigenvalue weighted by Gasteiger charge is 2.13.